The van der Waals surface area contributed by atoms with Crippen LogP contribution in [-0.4, -0.2) is 32.8 Å². The highest BCUT2D eigenvalue weighted by atomic mass is 16.5. The summed E-state index contributed by atoms with van der Waals surface area (Å²) in [5.41, 5.74) is 6.96. The van der Waals surface area contributed by atoms with Gasteiger partial charge in [-0.05, 0) is 24.6 Å². The molecule has 0 aliphatic heterocycles. The van der Waals surface area contributed by atoms with E-state index >= 15 is 0 Å². The topological polar surface area (TPSA) is 73.6 Å². The van der Waals surface area contributed by atoms with E-state index in [9.17, 15) is 4.79 Å². The first kappa shape index (κ1) is 13.5. The monoisotopic (exact) mass is 238 g/mol. The molecule has 0 aromatic heterocycles. The van der Waals surface area contributed by atoms with Crippen molar-refractivity contribution in [2.24, 2.45) is 5.73 Å². The zero-order chi connectivity index (χ0) is 12.7. The molecule has 0 radical (unpaired) electrons. The van der Waals surface area contributed by atoms with Gasteiger partial charge in [0.25, 0.3) is 0 Å². The Morgan fingerprint density at radius 3 is 2.88 bits per heavy atom. The van der Waals surface area contributed by atoms with Crippen molar-refractivity contribution in [1.82, 2.24) is 0 Å². The number of hydrogen-bond acceptors (Lipinski definition) is 4. The molecule has 0 spiro atoms. The van der Waals surface area contributed by atoms with Gasteiger partial charge in [0.05, 0.1) is 19.4 Å². The molecule has 5 heteroatoms. The number of methoxy groups -OCH3 is 1. The van der Waals surface area contributed by atoms with Crippen LogP contribution in [0.1, 0.15) is 5.56 Å². The fourth-order valence-electron chi connectivity index (χ4n) is 1.34. The molecule has 0 saturated heterocycles. The number of ether oxygens (including phenoxy) is 2. The van der Waals surface area contributed by atoms with E-state index in [0.29, 0.717) is 24.6 Å². The molecule has 1 aromatic carbocycles. The minimum atomic E-state index is -0.222. The zero-order valence-corrected chi connectivity index (χ0v) is 10.2. The van der Waals surface area contributed by atoms with Crippen LogP contribution in [0.4, 0.5) is 5.69 Å². The summed E-state index contributed by atoms with van der Waals surface area (Å²) in [4.78, 5) is 11.5. The molecule has 0 atom stereocenters. The third-order valence-electron chi connectivity index (χ3n) is 2.13. The lowest BCUT2D eigenvalue weighted by atomic mass is 10.2. The van der Waals surface area contributed by atoms with Crippen LogP contribution < -0.4 is 15.8 Å². The Balaban J connectivity index is 2.58. The summed E-state index contributed by atoms with van der Waals surface area (Å²) in [5.74, 6) is 0.415. The van der Waals surface area contributed by atoms with Crippen molar-refractivity contribution in [2.45, 2.75) is 6.92 Å². The molecule has 1 amide bonds. The third-order valence-corrected chi connectivity index (χ3v) is 2.13. The van der Waals surface area contributed by atoms with Gasteiger partial charge < -0.3 is 20.5 Å². The Morgan fingerprint density at radius 1 is 1.47 bits per heavy atom. The SMILES string of the molecule is COc1cc(C)ccc1NC(=O)COCCN. The van der Waals surface area contributed by atoms with Crippen LogP contribution in [0.25, 0.3) is 0 Å². The molecule has 0 heterocycles. The van der Waals surface area contributed by atoms with Gasteiger partial charge in [0.2, 0.25) is 5.91 Å². The van der Waals surface area contributed by atoms with Crippen LogP contribution in [0.2, 0.25) is 0 Å². The molecule has 0 fully saturated rings. The normalized spacial score (nSPS) is 10.1. The Bertz CT molecular complexity index is 380. The van der Waals surface area contributed by atoms with Gasteiger partial charge in [-0.25, -0.2) is 0 Å². The first-order chi connectivity index (χ1) is 8.17. The van der Waals surface area contributed by atoms with Crippen molar-refractivity contribution in [3.63, 3.8) is 0 Å². The summed E-state index contributed by atoms with van der Waals surface area (Å²) in [7, 11) is 1.56. The maximum atomic E-state index is 11.5. The van der Waals surface area contributed by atoms with E-state index in [1.807, 2.05) is 19.1 Å². The van der Waals surface area contributed by atoms with Gasteiger partial charge >= 0.3 is 0 Å². The molecule has 0 aliphatic carbocycles. The highest BCUT2D eigenvalue weighted by molar-refractivity contribution is 5.93. The number of carbonyl (C=O) groups excluding carboxylic acids is 1. The molecule has 1 rings (SSSR count). The van der Waals surface area contributed by atoms with Gasteiger partial charge in [-0.15, -0.1) is 0 Å². The number of aryl methyl sites for hydroxylation is 1. The second-order valence-electron chi connectivity index (χ2n) is 3.59. The van der Waals surface area contributed by atoms with E-state index in [2.05, 4.69) is 5.32 Å². The van der Waals surface area contributed by atoms with Gasteiger partial charge in [-0.2, -0.15) is 0 Å². The molecule has 17 heavy (non-hydrogen) atoms. The van der Waals surface area contributed by atoms with Crippen LogP contribution in [0, 0.1) is 6.92 Å². The summed E-state index contributed by atoms with van der Waals surface area (Å²) in [6.07, 6.45) is 0. The fourth-order valence-corrected chi connectivity index (χ4v) is 1.34. The van der Waals surface area contributed by atoms with Gasteiger partial charge in [0.1, 0.15) is 12.4 Å². The number of rotatable bonds is 6. The van der Waals surface area contributed by atoms with Crippen molar-refractivity contribution >= 4 is 11.6 Å². The second-order valence-corrected chi connectivity index (χ2v) is 3.59. The summed E-state index contributed by atoms with van der Waals surface area (Å²) in [6.45, 7) is 2.73. The highest BCUT2D eigenvalue weighted by Gasteiger charge is 2.07. The van der Waals surface area contributed by atoms with E-state index in [1.54, 1.807) is 13.2 Å². The van der Waals surface area contributed by atoms with Crippen LogP contribution in [0.15, 0.2) is 18.2 Å². The quantitative estimate of drug-likeness (QED) is 0.723. The number of amides is 1. The Kier molecular flexibility index (Phi) is 5.45. The summed E-state index contributed by atoms with van der Waals surface area (Å²) in [6, 6.07) is 5.56. The fraction of sp³-hybridized carbons (Fsp3) is 0.417. The number of anilines is 1. The summed E-state index contributed by atoms with van der Waals surface area (Å²) < 4.78 is 10.2. The second kappa shape index (κ2) is 6.88. The maximum absolute atomic E-state index is 11.5. The van der Waals surface area contributed by atoms with Crippen LogP contribution in [0.3, 0.4) is 0 Å². The average molecular weight is 238 g/mol. The van der Waals surface area contributed by atoms with Crippen molar-refractivity contribution in [1.29, 1.82) is 0 Å². The lowest BCUT2D eigenvalue weighted by Gasteiger charge is -2.10. The Hall–Kier alpha value is -1.59. The Morgan fingerprint density at radius 2 is 2.24 bits per heavy atom. The molecule has 3 N–H and O–H groups in total. The summed E-state index contributed by atoms with van der Waals surface area (Å²) in [5, 5.41) is 2.72. The lowest BCUT2D eigenvalue weighted by molar-refractivity contribution is -0.120. The van der Waals surface area contributed by atoms with E-state index in [1.165, 1.54) is 0 Å². The maximum Gasteiger partial charge on any atom is 0.250 e. The lowest BCUT2D eigenvalue weighted by Crippen LogP contribution is -2.21. The number of nitrogens with one attached hydrogen (secondary N) is 1. The largest absolute Gasteiger partial charge is 0.495 e. The number of hydrogen-bond donors (Lipinski definition) is 2. The van der Waals surface area contributed by atoms with Crippen LogP contribution in [0.5, 0.6) is 5.75 Å². The predicted octanol–water partition coefficient (Wildman–Crippen LogP) is 0.917. The molecule has 0 bridgehead atoms. The third kappa shape index (κ3) is 4.42. The van der Waals surface area contributed by atoms with Gasteiger partial charge in [-0.1, -0.05) is 6.07 Å². The van der Waals surface area contributed by atoms with Crippen molar-refractivity contribution in [3.05, 3.63) is 23.8 Å². The van der Waals surface area contributed by atoms with Crippen molar-refractivity contribution < 1.29 is 14.3 Å². The van der Waals surface area contributed by atoms with E-state index in [0.717, 1.165) is 5.56 Å². The molecule has 0 aliphatic rings. The first-order valence-corrected chi connectivity index (χ1v) is 5.39. The number of carbonyl (C=O) groups is 1. The van der Waals surface area contributed by atoms with Crippen molar-refractivity contribution in [3.8, 4) is 5.75 Å². The van der Waals surface area contributed by atoms with E-state index in [4.69, 9.17) is 15.2 Å². The average Bonchev–Trinajstić information content (AvgIpc) is 2.32. The first-order valence-electron chi connectivity index (χ1n) is 5.39. The smallest absolute Gasteiger partial charge is 0.250 e. The minimum Gasteiger partial charge on any atom is -0.495 e. The van der Waals surface area contributed by atoms with Crippen LogP contribution in [-0.2, 0) is 9.53 Å². The number of nitrogens with two attached hydrogens (primary N) is 1. The molecule has 1 aromatic rings. The van der Waals surface area contributed by atoms with Gasteiger partial charge in [0.15, 0.2) is 0 Å². The zero-order valence-electron chi connectivity index (χ0n) is 10.2. The molecular formula is C12H18N2O3. The van der Waals surface area contributed by atoms with Crippen LogP contribution >= 0.6 is 0 Å². The number of benzene rings is 1. The van der Waals surface area contributed by atoms with E-state index in [-0.39, 0.29) is 12.5 Å². The summed E-state index contributed by atoms with van der Waals surface area (Å²) >= 11 is 0. The minimum absolute atomic E-state index is 0.00572. The molecular weight excluding hydrogens is 220 g/mol. The molecule has 5 nitrogen and oxygen atoms in total. The van der Waals surface area contributed by atoms with Crippen molar-refractivity contribution in [2.75, 3.05) is 32.2 Å². The molecule has 0 unspecified atom stereocenters. The molecule has 94 valence electrons. The van der Waals surface area contributed by atoms with Gasteiger partial charge in [-0.3, -0.25) is 4.79 Å². The predicted molar refractivity (Wildman–Crippen MR) is 66.2 cm³/mol. The standard InChI is InChI=1S/C12H18N2O3/c1-9-3-4-10(11(7-9)16-2)14-12(15)8-17-6-5-13/h3-4,7H,5-6,8,13H2,1-2H3,(H,14,15). The Labute approximate surface area is 101 Å². The highest BCUT2D eigenvalue weighted by Crippen LogP contribution is 2.24. The van der Waals surface area contributed by atoms with E-state index < -0.39 is 0 Å². The molecule has 0 saturated carbocycles. The van der Waals surface area contributed by atoms with Gasteiger partial charge in [0, 0.05) is 6.54 Å².